The zero-order chi connectivity index (χ0) is 18.5. The number of furan rings is 1. The molecule has 3 aromatic rings. The zero-order valence-corrected chi connectivity index (χ0v) is 14.4. The molecule has 1 aromatic heterocycles. The van der Waals surface area contributed by atoms with Crippen LogP contribution in [0.1, 0.15) is 11.1 Å². The minimum atomic E-state index is -1.69. The maximum absolute atomic E-state index is 12.2. The van der Waals surface area contributed by atoms with Crippen molar-refractivity contribution < 1.29 is 24.0 Å². The average Bonchev–Trinajstić information content (AvgIpc) is 3.05. The lowest BCUT2D eigenvalue weighted by atomic mass is 9.75. The molecule has 0 aliphatic heterocycles. The Bertz CT molecular complexity index is 878. The Morgan fingerprint density at radius 1 is 1.19 bits per heavy atom. The van der Waals surface area contributed by atoms with E-state index in [2.05, 4.69) is 5.32 Å². The van der Waals surface area contributed by atoms with Crippen LogP contribution in [0.5, 0.6) is 5.75 Å². The number of carbonyl (C=O) groups is 1. The third-order valence-corrected chi connectivity index (χ3v) is 4.22. The minimum absolute atomic E-state index is 0.171. The lowest BCUT2D eigenvalue weighted by Gasteiger charge is -2.17. The molecule has 0 fully saturated rings. The van der Waals surface area contributed by atoms with E-state index in [0.29, 0.717) is 11.3 Å². The van der Waals surface area contributed by atoms with Crippen molar-refractivity contribution >= 4 is 24.0 Å². The van der Waals surface area contributed by atoms with Gasteiger partial charge >= 0.3 is 7.12 Å². The number of fused-ring (bicyclic) bond motifs is 1. The van der Waals surface area contributed by atoms with Gasteiger partial charge in [-0.1, -0.05) is 42.5 Å². The summed E-state index contributed by atoms with van der Waals surface area (Å²) in [6.07, 6.45) is 1.94. The molecule has 134 valence electrons. The number of carbonyl (C=O) groups excluding carboxylic acids is 1. The van der Waals surface area contributed by atoms with Crippen LogP contribution in [0.25, 0.3) is 11.0 Å². The van der Waals surface area contributed by atoms with Gasteiger partial charge in [0.2, 0.25) is 5.91 Å². The van der Waals surface area contributed by atoms with Gasteiger partial charge in [0.15, 0.2) is 11.3 Å². The molecule has 6 nitrogen and oxygen atoms in total. The molecule has 2 aromatic carbocycles. The van der Waals surface area contributed by atoms with Crippen LogP contribution in [0.4, 0.5) is 0 Å². The van der Waals surface area contributed by atoms with Crippen molar-refractivity contribution in [2.45, 2.75) is 18.8 Å². The van der Waals surface area contributed by atoms with Crippen molar-refractivity contribution in [3.05, 3.63) is 65.9 Å². The van der Waals surface area contributed by atoms with Crippen LogP contribution < -0.4 is 10.1 Å². The van der Waals surface area contributed by atoms with E-state index in [4.69, 9.17) is 9.15 Å². The second-order valence-corrected chi connectivity index (χ2v) is 6.05. The molecular weight excluding hydrogens is 333 g/mol. The Kier molecular flexibility index (Phi) is 5.60. The van der Waals surface area contributed by atoms with Gasteiger partial charge in [-0.25, -0.2) is 0 Å². The summed E-state index contributed by atoms with van der Waals surface area (Å²) in [6, 6.07) is 14.8. The number of ether oxygens (including phenoxy) is 1. The summed E-state index contributed by atoms with van der Waals surface area (Å²) in [7, 11) is -0.133. The highest BCUT2D eigenvalue weighted by atomic mass is 16.5. The fourth-order valence-corrected chi connectivity index (χ4v) is 2.91. The van der Waals surface area contributed by atoms with Gasteiger partial charge in [0.1, 0.15) is 0 Å². The maximum atomic E-state index is 12.2. The van der Waals surface area contributed by atoms with Crippen LogP contribution in [0.15, 0.2) is 59.2 Å². The average molecular weight is 353 g/mol. The number of hydrogen-bond acceptors (Lipinski definition) is 5. The number of para-hydroxylation sites is 1. The van der Waals surface area contributed by atoms with Crippen molar-refractivity contribution in [3.63, 3.8) is 0 Å². The van der Waals surface area contributed by atoms with Crippen molar-refractivity contribution in [1.82, 2.24) is 5.32 Å². The monoisotopic (exact) mass is 353 g/mol. The predicted molar refractivity (Wildman–Crippen MR) is 98.7 cm³/mol. The molecule has 0 aliphatic rings. The molecule has 0 bridgehead atoms. The first-order valence-electron chi connectivity index (χ1n) is 8.31. The number of amides is 1. The number of methoxy groups -OCH3 is 1. The topological polar surface area (TPSA) is 91.9 Å². The van der Waals surface area contributed by atoms with Gasteiger partial charge in [-0.05, 0) is 23.6 Å². The van der Waals surface area contributed by atoms with Crippen LogP contribution >= 0.6 is 0 Å². The molecule has 1 amide bonds. The zero-order valence-electron chi connectivity index (χ0n) is 14.4. The van der Waals surface area contributed by atoms with Crippen LogP contribution in [-0.2, 0) is 17.6 Å². The lowest BCUT2D eigenvalue weighted by molar-refractivity contribution is -0.120. The molecule has 3 rings (SSSR count). The third-order valence-electron chi connectivity index (χ3n) is 4.22. The molecule has 7 heteroatoms. The Balaban J connectivity index is 1.74. The second kappa shape index (κ2) is 8.08. The molecule has 0 spiro atoms. The third kappa shape index (κ3) is 4.07. The molecule has 0 aliphatic carbocycles. The summed E-state index contributed by atoms with van der Waals surface area (Å²) in [5, 5.41) is 22.9. The quantitative estimate of drug-likeness (QED) is 0.563. The first kappa shape index (κ1) is 18.0. The van der Waals surface area contributed by atoms with E-state index < -0.39 is 13.1 Å². The summed E-state index contributed by atoms with van der Waals surface area (Å²) in [6.45, 7) is 0. The van der Waals surface area contributed by atoms with E-state index in [0.717, 1.165) is 16.5 Å². The Morgan fingerprint density at radius 2 is 1.96 bits per heavy atom. The van der Waals surface area contributed by atoms with Crippen LogP contribution in [0.2, 0.25) is 0 Å². The normalized spacial score (nSPS) is 12.0. The smallest absolute Gasteiger partial charge is 0.475 e. The standard InChI is InChI=1S/C19H20BNO5/c1-25-16-9-5-8-15-14(12-26-19(15)16)11-17(20(23)24)21-18(22)10-13-6-3-2-4-7-13/h2-9,12,17,23-24H,10-11H2,1H3,(H,21,22). The van der Waals surface area contributed by atoms with E-state index >= 15 is 0 Å². The van der Waals surface area contributed by atoms with E-state index in [9.17, 15) is 14.8 Å². The summed E-state index contributed by atoms with van der Waals surface area (Å²) >= 11 is 0. The summed E-state index contributed by atoms with van der Waals surface area (Å²) in [4.78, 5) is 12.2. The van der Waals surface area contributed by atoms with E-state index in [1.807, 2.05) is 42.5 Å². The summed E-state index contributed by atoms with van der Waals surface area (Å²) in [5.41, 5.74) is 2.21. The highest BCUT2D eigenvalue weighted by Crippen LogP contribution is 2.30. The maximum Gasteiger partial charge on any atom is 0.475 e. The van der Waals surface area contributed by atoms with Crippen LogP contribution in [-0.4, -0.2) is 36.1 Å². The molecule has 1 atom stereocenters. The Hall–Kier alpha value is -2.77. The molecule has 1 heterocycles. The van der Waals surface area contributed by atoms with Gasteiger partial charge in [-0.3, -0.25) is 4.79 Å². The van der Waals surface area contributed by atoms with E-state index in [1.165, 1.54) is 0 Å². The Morgan fingerprint density at radius 3 is 2.65 bits per heavy atom. The van der Waals surface area contributed by atoms with Crippen LogP contribution in [0.3, 0.4) is 0 Å². The summed E-state index contributed by atoms with van der Waals surface area (Å²) in [5.74, 6) is -0.527. The largest absolute Gasteiger partial charge is 0.493 e. The van der Waals surface area contributed by atoms with Gasteiger partial charge < -0.3 is 24.5 Å². The number of nitrogens with one attached hydrogen (secondary N) is 1. The molecule has 0 saturated carbocycles. The fraction of sp³-hybridized carbons (Fsp3) is 0.211. The van der Waals surface area contributed by atoms with Gasteiger partial charge in [0, 0.05) is 5.39 Å². The SMILES string of the molecule is COc1cccc2c(CC(NC(=O)Cc3ccccc3)B(O)O)coc12. The molecule has 1 unspecified atom stereocenters. The first-order valence-corrected chi connectivity index (χ1v) is 8.31. The van der Waals surface area contributed by atoms with Gasteiger partial charge in [-0.2, -0.15) is 0 Å². The van der Waals surface area contributed by atoms with Crippen molar-refractivity contribution in [1.29, 1.82) is 0 Å². The van der Waals surface area contributed by atoms with Crippen molar-refractivity contribution in [3.8, 4) is 5.75 Å². The highest BCUT2D eigenvalue weighted by molar-refractivity contribution is 6.43. The molecule has 26 heavy (non-hydrogen) atoms. The predicted octanol–water partition coefficient (Wildman–Crippen LogP) is 1.72. The summed E-state index contributed by atoms with van der Waals surface area (Å²) < 4.78 is 10.8. The lowest BCUT2D eigenvalue weighted by Crippen LogP contribution is -2.48. The van der Waals surface area contributed by atoms with Gasteiger partial charge in [0.05, 0.1) is 25.7 Å². The second-order valence-electron chi connectivity index (χ2n) is 6.05. The van der Waals surface area contributed by atoms with Crippen molar-refractivity contribution in [2.75, 3.05) is 7.11 Å². The molecular formula is C19H20BNO5. The fourth-order valence-electron chi connectivity index (χ4n) is 2.91. The van der Waals surface area contributed by atoms with Gasteiger partial charge in [-0.15, -0.1) is 0 Å². The highest BCUT2D eigenvalue weighted by Gasteiger charge is 2.27. The first-order chi connectivity index (χ1) is 12.6. The van der Waals surface area contributed by atoms with Crippen LogP contribution in [0, 0.1) is 0 Å². The minimum Gasteiger partial charge on any atom is -0.493 e. The number of hydrogen-bond donors (Lipinski definition) is 3. The number of benzene rings is 2. The molecule has 0 saturated heterocycles. The molecule has 3 N–H and O–H groups in total. The van der Waals surface area contributed by atoms with E-state index in [-0.39, 0.29) is 18.7 Å². The Labute approximate surface area is 151 Å². The van der Waals surface area contributed by atoms with E-state index in [1.54, 1.807) is 19.4 Å². The molecule has 0 radical (unpaired) electrons. The number of rotatable bonds is 7. The van der Waals surface area contributed by atoms with Gasteiger partial charge in [0.25, 0.3) is 0 Å². The van der Waals surface area contributed by atoms with Crippen molar-refractivity contribution in [2.24, 2.45) is 0 Å².